The van der Waals surface area contributed by atoms with Crippen LogP contribution in [0, 0.1) is 0 Å². The summed E-state index contributed by atoms with van der Waals surface area (Å²) in [6, 6.07) is -0.199. The fourth-order valence-corrected chi connectivity index (χ4v) is 0.872. The molecule has 0 radical (unpaired) electrons. The topological polar surface area (TPSA) is 38.8 Å². The largest absolute Gasteiger partial charge is 0.465 e. The van der Waals surface area contributed by atoms with Crippen molar-refractivity contribution in [2.45, 2.75) is 19.9 Å². The van der Waals surface area contributed by atoms with Gasteiger partial charge in [-0.25, -0.2) is 0 Å². The van der Waals surface area contributed by atoms with Crippen molar-refractivity contribution in [2.24, 2.45) is 0 Å². The molecule has 4 nitrogen and oxygen atoms in total. The molecular formula is C9H19NO3. The molecule has 0 saturated carbocycles. The Labute approximate surface area is 79.8 Å². The van der Waals surface area contributed by atoms with E-state index < -0.39 is 0 Å². The minimum Gasteiger partial charge on any atom is -0.465 e. The molecule has 0 fully saturated rings. The van der Waals surface area contributed by atoms with Gasteiger partial charge in [-0.1, -0.05) is 0 Å². The Morgan fingerprint density at radius 3 is 2.62 bits per heavy atom. The van der Waals surface area contributed by atoms with Gasteiger partial charge in [0.05, 0.1) is 13.2 Å². The van der Waals surface area contributed by atoms with Crippen LogP contribution < -0.4 is 0 Å². The molecular weight excluding hydrogens is 170 g/mol. The second kappa shape index (κ2) is 6.86. The van der Waals surface area contributed by atoms with Crippen molar-refractivity contribution in [1.82, 2.24) is 4.90 Å². The van der Waals surface area contributed by atoms with Crippen LogP contribution in [-0.4, -0.2) is 50.8 Å². The molecule has 0 amide bonds. The van der Waals surface area contributed by atoms with E-state index in [1.165, 1.54) is 0 Å². The molecule has 0 heterocycles. The molecule has 0 aromatic heterocycles. The summed E-state index contributed by atoms with van der Waals surface area (Å²) in [5.41, 5.74) is 0. The molecule has 0 spiro atoms. The highest BCUT2D eigenvalue weighted by Crippen LogP contribution is 1.97. The molecule has 0 aliphatic heterocycles. The van der Waals surface area contributed by atoms with Crippen LogP contribution >= 0.6 is 0 Å². The molecule has 1 unspecified atom stereocenters. The summed E-state index contributed by atoms with van der Waals surface area (Å²) in [4.78, 5) is 13.1. The van der Waals surface area contributed by atoms with Crippen LogP contribution in [0.15, 0.2) is 0 Å². The third-order valence-corrected chi connectivity index (χ3v) is 1.94. The fraction of sp³-hybridized carbons (Fsp3) is 0.889. The van der Waals surface area contributed by atoms with Gasteiger partial charge in [0.25, 0.3) is 0 Å². The van der Waals surface area contributed by atoms with E-state index in [1.54, 1.807) is 14.0 Å². The number of esters is 1. The summed E-state index contributed by atoms with van der Waals surface area (Å²) in [6.45, 7) is 5.42. The number of carbonyl (C=O) groups is 1. The molecule has 0 rings (SSSR count). The van der Waals surface area contributed by atoms with Crippen LogP contribution in [0.25, 0.3) is 0 Å². The third-order valence-electron chi connectivity index (χ3n) is 1.94. The zero-order chi connectivity index (χ0) is 10.3. The van der Waals surface area contributed by atoms with Crippen LogP contribution in [0.1, 0.15) is 13.8 Å². The Hall–Kier alpha value is -0.610. The SMILES string of the molecule is CCOC(=O)C(C)N(C)CCOC. The summed E-state index contributed by atoms with van der Waals surface area (Å²) in [7, 11) is 3.52. The van der Waals surface area contributed by atoms with Gasteiger partial charge in [-0.15, -0.1) is 0 Å². The maximum Gasteiger partial charge on any atom is 0.323 e. The summed E-state index contributed by atoms with van der Waals surface area (Å²) < 4.78 is 9.79. The fourth-order valence-electron chi connectivity index (χ4n) is 0.872. The van der Waals surface area contributed by atoms with Crippen LogP contribution in [0.5, 0.6) is 0 Å². The Balaban J connectivity index is 3.79. The number of nitrogens with zero attached hydrogens (tertiary/aromatic N) is 1. The molecule has 0 aromatic carbocycles. The van der Waals surface area contributed by atoms with Crippen molar-refractivity contribution in [3.63, 3.8) is 0 Å². The molecule has 0 N–H and O–H groups in total. The predicted octanol–water partition coefficient (Wildman–Crippen LogP) is 0.516. The smallest absolute Gasteiger partial charge is 0.323 e. The summed E-state index contributed by atoms with van der Waals surface area (Å²) >= 11 is 0. The zero-order valence-electron chi connectivity index (χ0n) is 8.87. The Morgan fingerprint density at radius 2 is 2.15 bits per heavy atom. The van der Waals surface area contributed by atoms with Gasteiger partial charge in [0.1, 0.15) is 6.04 Å². The Morgan fingerprint density at radius 1 is 1.54 bits per heavy atom. The normalized spacial score (nSPS) is 13.0. The second-order valence-electron chi connectivity index (χ2n) is 2.90. The third kappa shape index (κ3) is 4.85. The number of methoxy groups -OCH3 is 1. The standard InChI is InChI=1S/C9H19NO3/c1-5-13-9(11)8(2)10(3)6-7-12-4/h8H,5-7H2,1-4H3. The number of ether oxygens (including phenoxy) is 2. The van der Waals surface area contributed by atoms with Crippen LogP contribution in [0.3, 0.4) is 0 Å². The van der Waals surface area contributed by atoms with E-state index in [-0.39, 0.29) is 12.0 Å². The summed E-state index contributed by atoms with van der Waals surface area (Å²) in [5, 5.41) is 0. The van der Waals surface area contributed by atoms with E-state index in [2.05, 4.69) is 0 Å². The lowest BCUT2D eigenvalue weighted by Crippen LogP contribution is -2.39. The van der Waals surface area contributed by atoms with Crippen LogP contribution in [-0.2, 0) is 14.3 Å². The number of hydrogen-bond donors (Lipinski definition) is 0. The minimum atomic E-state index is -0.199. The maximum atomic E-state index is 11.2. The first kappa shape index (κ1) is 12.4. The van der Waals surface area contributed by atoms with Crippen molar-refractivity contribution in [3.8, 4) is 0 Å². The molecule has 4 heteroatoms. The molecule has 0 aromatic rings. The first-order valence-electron chi connectivity index (χ1n) is 4.49. The van der Waals surface area contributed by atoms with Gasteiger partial charge in [0, 0.05) is 13.7 Å². The number of carbonyl (C=O) groups excluding carboxylic acids is 1. The molecule has 1 atom stereocenters. The highest BCUT2D eigenvalue weighted by atomic mass is 16.5. The van der Waals surface area contributed by atoms with Crippen LogP contribution in [0.2, 0.25) is 0 Å². The average Bonchev–Trinajstić information content (AvgIpc) is 2.13. The van der Waals surface area contributed by atoms with Gasteiger partial charge in [-0.3, -0.25) is 9.69 Å². The Kier molecular flexibility index (Phi) is 6.54. The minimum absolute atomic E-state index is 0.180. The average molecular weight is 189 g/mol. The molecule has 13 heavy (non-hydrogen) atoms. The van der Waals surface area contributed by atoms with E-state index >= 15 is 0 Å². The van der Waals surface area contributed by atoms with Gasteiger partial charge in [-0.2, -0.15) is 0 Å². The van der Waals surface area contributed by atoms with Gasteiger partial charge >= 0.3 is 5.97 Å². The number of likely N-dealkylation sites (N-methyl/N-ethyl adjacent to an activating group) is 1. The lowest BCUT2D eigenvalue weighted by atomic mass is 10.3. The van der Waals surface area contributed by atoms with Crippen molar-refractivity contribution in [2.75, 3.05) is 33.9 Å². The van der Waals surface area contributed by atoms with Gasteiger partial charge in [-0.05, 0) is 20.9 Å². The number of rotatable bonds is 6. The highest BCUT2D eigenvalue weighted by Gasteiger charge is 2.18. The van der Waals surface area contributed by atoms with Crippen molar-refractivity contribution >= 4 is 5.97 Å². The Bertz CT molecular complexity index is 150. The first-order chi connectivity index (χ1) is 6.13. The lowest BCUT2D eigenvalue weighted by Gasteiger charge is -2.22. The van der Waals surface area contributed by atoms with Crippen molar-refractivity contribution in [1.29, 1.82) is 0 Å². The summed E-state index contributed by atoms with van der Waals surface area (Å²) in [6.07, 6.45) is 0. The van der Waals surface area contributed by atoms with Crippen LogP contribution in [0.4, 0.5) is 0 Å². The monoisotopic (exact) mass is 189 g/mol. The van der Waals surface area contributed by atoms with E-state index in [0.29, 0.717) is 13.2 Å². The van der Waals surface area contributed by atoms with Crippen molar-refractivity contribution < 1.29 is 14.3 Å². The first-order valence-corrected chi connectivity index (χ1v) is 4.49. The number of hydrogen-bond acceptors (Lipinski definition) is 4. The van der Waals surface area contributed by atoms with Gasteiger partial charge < -0.3 is 9.47 Å². The highest BCUT2D eigenvalue weighted by molar-refractivity contribution is 5.75. The molecule has 0 bridgehead atoms. The zero-order valence-corrected chi connectivity index (χ0v) is 8.87. The molecule has 0 saturated heterocycles. The predicted molar refractivity (Wildman–Crippen MR) is 50.6 cm³/mol. The quantitative estimate of drug-likeness (QED) is 0.571. The van der Waals surface area contributed by atoms with E-state index in [1.807, 2.05) is 18.9 Å². The van der Waals surface area contributed by atoms with E-state index in [0.717, 1.165) is 6.54 Å². The maximum absolute atomic E-state index is 11.2. The second-order valence-corrected chi connectivity index (χ2v) is 2.90. The van der Waals surface area contributed by atoms with Gasteiger partial charge in [0.2, 0.25) is 0 Å². The lowest BCUT2D eigenvalue weighted by molar-refractivity contribution is -0.148. The van der Waals surface area contributed by atoms with Crippen molar-refractivity contribution in [3.05, 3.63) is 0 Å². The van der Waals surface area contributed by atoms with Gasteiger partial charge in [0.15, 0.2) is 0 Å². The van der Waals surface area contributed by atoms with E-state index in [9.17, 15) is 4.79 Å². The molecule has 0 aliphatic carbocycles. The molecule has 0 aliphatic rings. The van der Waals surface area contributed by atoms with E-state index in [4.69, 9.17) is 9.47 Å². The summed E-state index contributed by atoms with van der Waals surface area (Å²) in [5.74, 6) is -0.180. The molecule has 78 valence electrons.